The molecule has 308 valence electrons. The van der Waals surface area contributed by atoms with E-state index in [1.165, 1.54) is 0 Å². The number of benzene rings is 3. The first-order chi connectivity index (χ1) is 28.4. The van der Waals surface area contributed by atoms with Crippen LogP contribution in [0.5, 0.6) is 0 Å². The van der Waals surface area contributed by atoms with E-state index in [0.717, 1.165) is 0 Å². The first-order valence-corrected chi connectivity index (χ1v) is 19.0. The van der Waals surface area contributed by atoms with E-state index in [4.69, 9.17) is 22.9 Å². The lowest BCUT2D eigenvalue weighted by molar-refractivity contribution is -0.123. The van der Waals surface area contributed by atoms with Crippen molar-refractivity contribution in [2.45, 2.75) is 24.9 Å². The number of nitrogens with two attached hydrogens (primary N) is 4. The zero-order valence-corrected chi connectivity index (χ0v) is 32.0. The van der Waals surface area contributed by atoms with Crippen molar-refractivity contribution in [3.05, 3.63) is 95.4 Å². The van der Waals surface area contributed by atoms with Crippen LogP contribution in [0.3, 0.4) is 0 Å². The zero-order chi connectivity index (χ0) is 42.1. The van der Waals surface area contributed by atoms with Crippen LogP contribution >= 0.6 is 0 Å². The van der Waals surface area contributed by atoms with Crippen molar-refractivity contribution in [1.29, 1.82) is 0 Å². The number of hydrogen-bond donors (Lipinski definition) is 13. The number of rotatable bonds is 18. The molecule has 19 heteroatoms. The molecule has 0 aliphatic carbocycles. The first kappa shape index (κ1) is 41.6. The average molecular weight is 806 g/mol. The largest absolute Gasteiger partial charge is 0.353 e. The lowest BCUT2D eigenvalue weighted by Gasteiger charge is -2.11. The molecule has 6 aromatic rings. The molecule has 0 aliphatic heterocycles. The predicted molar refractivity (Wildman–Crippen MR) is 225 cm³/mol. The Hall–Kier alpha value is -7.06. The topological polar surface area (TPSA) is 326 Å². The van der Waals surface area contributed by atoms with Crippen LogP contribution in [0.2, 0.25) is 0 Å². The highest BCUT2D eigenvalue weighted by Crippen LogP contribution is 2.24. The van der Waals surface area contributed by atoms with Gasteiger partial charge in [-0.2, -0.15) is 0 Å². The molecule has 3 aromatic heterocycles. The quantitative estimate of drug-likeness (QED) is 0.0539. The van der Waals surface area contributed by atoms with Gasteiger partial charge in [0.1, 0.15) is 17.1 Å². The predicted octanol–water partition coefficient (Wildman–Crippen LogP) is 0.679. The van der Waals surface area contributed by atoms with E-state index >= 15 is 0 Å². The molecule has 59 heavy (non-hydrogen) atoms. The molecule has 3 aromatic carbocycles. The summed E-state index contributed by atoms with van der Waals surface area (Å²) in [4.78, 5) is 85.0. The van der Waals surface area contributed by atoms with Gasteiger partial charge in [-0.15, -0.1) is 0 Å². The monoisotopic (exact) mass is 805 g/mol. The van der Waals surface area contributed by atoms with Gasteiger partial charge >= 0.3 is 0 Å². The summed E-state index contributed by atoms with van der Waals surface area (Å²) < 4.78 is 0. The molecule has 2 atom stereocenters. The third-order valence-corrected chi connectivity index (χ3v) is 9.42. The average Bonchev–Trinajstić information content (AvgIpc) is 3.97. The van der Waals surface area contributed by atoms with E-state index in [9.17, 15) is 28.8 Å². The summed E-state index contributed by atoms with van der Waals surface area (Å²) in [5.74, 6) is -2.17. The van der Waals surface area contributed by atoms with Gasteiger partial charge in [0.25, 0.3) is 23.6 Å². The Labute approximate surface area is 337 Å². The van der Waals surface area contributed by atoms with Gasteiger partial charge in [0.05, 0.1) is 12.1 Å². The Balaban J connectivity index is 1.01. The lowest BCUT2D eigenvalue weighted by Crippen LogP contribution is -2.44. The Morgan fingerprint density at radius 3 is 1.32 bits per heavy atom. The maximum absolute atomic E-state index is 13.3. The lowest BCUT2D eigenvalue weighted by atomic mass is 10.1. The van der Waals surface area contributed by atoms with Gasteiger partial charge in [-0.1, -0.05) is 0 Å². The van der Waals surface area contributed by atoms with E-state index in [2.05, 4.69) is 46.9 Å². The first-order valence-electron chi connectivity index (χ1n) is 19.0. The van der Waals surface area contributed by atoms with Crippen LogP contribution in [-0.4, -0.2) is 102 Å². The van der Waals surface area contributed by atoms with Gasteiger partial charge in [-0.3, -0.25) is 28.8 Å². The molecule has 0 saturated heterocycles. The number of anilines is 2. The van der Waals surface area contributed by atoms with Gasteiger partial charge in [-0.05, 0) is 98.7 Å². The number of amides is 6. The molecule has 6 rings (SSSR count). The number of nitrogens with one attached hydrogen (secondary N) is 9. The van der Waals surface area contributed by atoms with Gasteiger partial charge in [-0.25, -0.2) is 0 Å². The maximum Gasteiger partial charge on any atom is 0.272 e. The van der Waals surface area contributed by atoms with Gasteiger partial charge in [0.2, 0.25) is 11.8 Å². The van der Waals surface area contributed by atoms with Crippen LogP contribution in [-0.2, 0) is 9.59 Å². The third-order valence-electron chi connectivity index (χ3n) is 9.42. The molecule has 3 heterocycles. The van der Waals surface area contributed by atoms with E-state index in [1.54, 1.807) is 72.8 Å². The molecule has 0 saturated carbocycles. The highest BCUT2D eigenvalue weighted by molar-refractivity contribution is 6.10. The van der Waals surface area contributed by atoms with E-state index in [1.807, 2.05) is 0 Å². The fourth-order valence-electron chi connectivity index (χ4n) is 6.26. The number of H-pyrrole nitrogens is 3. The van der Waals surface area contributed by atoms with Gasteiger partial charge in [0.15, 0.2) is 0 Å². The Morgan fingerprint density at radius 1 is 0.475 bits per heavy atom. The van der Waals surface area contributed by atoms with Crippen molar-refractivity contribution >= 4 is 79.5 Å². The van der Waals surface area contributed by atoms with Gasteiger partial charge < -0.3 is 69.8 Å². The van der Waals surface area contributed by atoms with Crippen LogP contribution in [0.15, 0.2) is 72.8 Å². The molecule has 6 amide bonds. The summed E-state index contributed by atoms with van der Waals surface area (Å²) in [6.45, 7) is 1.41. The van der Waals surface area contributed by atoms with Crippen LogP contribution in [0.1, 0.15) is 54.7 Å². The fourth-order valence-corrected chi connectivity index (χ4v) is 6.26. The van der Waals surface area contributed by atoms with Crippen molar-refractivity contribution < 1.29 is 28.8 Å². The Kier molecular flexibility index (Phi) is 13.3. The second kappa shape index (κ2) is 18.9. The van der Waals surface area contributed by atoms with E-state index < -0.39 is 18.0 Å². The maximum atomic E-state index is 13.3. The van der Waals surface area contributed by atoms with Crippen molar-refractivity contribution in [3.63, 3.8) is 0 Å². The number of aromatic amines is 3. The van der Waals surface area contributed by atoms with Gasteiger partial charge in [0, 0.05) is 75.8 Å². The second-order valence-corrected chi connectivity index (χ2v) is 13.8. The standard InChI is InChI=1S/C40H47N13O6/c41-9-7-27(43)36(55)45-11-13-47-38(57)32-19-23-16-25(2-5-30(23)51-32)49-35(54)21-1-4-29-22(15-21)18-34(53-29)40(59)50-26-3-6-31-24(17-26)20-33(52-31)39(58)48-14-12-46-37(56)28(44)8-10-42/h1-6,15-20,27-28,51-53H,7-14,41-44H2,(H,45,55)(H,46,56)(H,47,57)(H,48,58)(H,49,54)(H,50,59). The molecule has 0 radical (unpaired) electrons. The summed E-state index contributed by atoms with van der Waals surface area (Å²) in [6, 6.07) is 19.0. The molecule has 0 fully saturated rings. The van der Waals surface area contributed by atoms with E-state index in [0.29, 0.717) is 87.0 Å². The van der Waals surface area contributed by atoms with Crippen LogP contribution in [0, 0.1) is 0 Å². The van der Waals surface area contributed by atoms with Crippen LogP contribution in [0.25, 0.3) is 32.7 Å². The smallest absolute Gasteiger partial charge is 0.272 e. The van der Waals surface area contributed by atoms with Crippen LogP contribution in [0.4, 0.5) is 11.4 Å². The van der Waals surface area contributed by atoms with Crippen molar-refractivity contribution in [3.8, 4) is 0 Å². The normalized spacial score (nSPS) is 12.2. The molecular formula is C40H47N13O6. The van der Waals surface area contributed by atoms with Crippen molar-refractivity contribution in [2.24, 2.45) is 22.9 Å². The molecule has 0 bridgehead atoms. The minimum Gasteiger partial charge on any atom is -0.353 e. The summed E-state index contributed by atoms with van der Waals surface area (Å²) in [5.41, 5.74) is 26.6. The highest BCUT2D eigenvalue weighted by atomic mass is 16.2. The zero-order valence-electron chi connectivity index (χ0n) is 32.0. The molecule has 19 nitrogen and oxygen atoms in total. The van der Waals surface area contributed by atoms with E-state index in [-0.39, 0.29) is 61.4 Å². The minimum atomic E-state index is -0.698. The summed E-state index contributed by atoms with van der Waals surface area (Å²) in [5, 5.41) is 18.6. The molecule has 0 aliphatic rings. The van der Waals surface area contributed by atoms with Crippen molar-refractivity contribution in [2.75, 3.05) is 49.9 Å². The fraction of sp³-hybridized carbons (Fsp3) is 0.250. The summed E-state index contributed by atoms with van der Waals surface area (Å²) >= 11 is 0. The SMILES string of the molecule is NCCC(N)C(=O)NCCNC(=O)c1cc2cc(NC(=O)c3ccc4[nH]c(C(=O)Nc5ccc6[nH]c(C(=O)NCCNC(=O)C(N)CCN)cc6c5)cc4c3)ccc2[nH]1. The summed E-state index contributed by atoms with van der Waals surface area (Å²) in [7, 11) is 0. The van der Waals surface area contributed by atoms with Crippen molar-refractivity contribution in [1.82, 2.24) is 36.2 Å². The second-order valence-electron chi connectivity index (χ2n) is 13.8. The van der Waals surface area contributed by atoms with Crippen LogP contribution < -0.4 is 54.8 Å². The number of fused-ring (bicyclic) bond motifs is 3. The molecule has 0 spiro atoms. The minimum absolute atomic E-state index is 0.196. The number of hydrogen-bond acceptors (Lipinski definition) is 10. The Bertz CT molecular complexity index is 2390. The molecular weight excluding hydrogens is 759 g/mol. The molecule has 17 N–H and O–H groups in total. The number of carbonyl (C=O) groups excluding carboxylic acids is 6. The number of aromatic nitrogens is 3. The number of carbonyl (C=O) groups is 6. The summed E-state index contributed by atoms with van der Waals surface area (Å²) in [6.07, 6.45) is 0.728. The molecule has 2 unspecified atom stereocenters. The Morgan fingerprint density at radius 2 is 0.864 bits per heavy atom. The highest BCUT2D eigenvalue weighted by Gasteiger charge is 2.17. The third kappa shape index (κ3) is 10.5.